The number of aromatic nitrogens is 2. The van der Waals surface area contributed by atoms with E-state index in [1.165, 1.54) is 6.20 Å². The fraction of sp³-hybridized carbons (Fsp3) is 0.308. The quantitative estimate of drug-likeness (QED) is 0.886. The van der Waals surface area contributed by atoms with Crippen molar-refractivity contribution in [1.29, 1.82) is 0 Å². The lowest BCUT2D eigenvalue weighted by Crippen LogP contribution is -2.39. The van der Waals surface area contributed by atoms with Crippen LogP contribution in [0, 0.1) is 0 Å². The van der Waals surface area contributed by atoms with Crippen LogP contribution in [0.1, 0.15) is 16.8 Å². The van der Waals surface area contributed by atoms with Crippen molar-refractivity contribution in [3.63, 3.8) is 0 Å². The molecule has 0 spiro atoms. The van der Waals surface area contributed by atoms with Gasteiger partial charge in [0.15, 0.2) is 0 Å². The van der Waals surface area contributed by atoms with E-state index < -0.39 is 5.92 Å². The third kappa shape index (κ3) is 2.01. The Labute approximate surface area is 103 Å². The monoisotopic (exact) mass is 249 g/mol. The van der Waals surface area contributed by atoms with Crippen molar-refractivity contribution in [2.75, 3.05) is 6.54 Å². The van der Waals surface area contributed by atoms with Crippen molar-refractivity contribution in [3.8, 4) is 0 Å². The number of halogens is 2. The molecule has 1 aromatic heterocycles. The largest absolute Gasteiger partial charge is 0.301 e. The van der Waals surface area contributed by atoms with E-state index in [1.807, 2.05) is 30.3 Å². The zero-order valence-electron chi connectivity index (χ0n) is 9.74. The molecule has 1 N–H and O–H groups in total. The number of alkyl halides is 2. The molecule has 3 nitrogen and oxygen atoms in total. The number of nitrogens with one attached hydrogen (secondary N) is 1. The van der Waals surface area contributed by atoms with Crippen LogP contribution in [0.3, 0.4) is 0 Å². The van der Waals surface area contributed by atoms with Gasteiger partial charge >= 0.3 is 5.92 Å². The first-order chi connectivity index (χ1) is 8.65. The van der Waals surface area contributed by atoms with Crippen molar-refractivity contribution >= 4 is 0 Å². The Bertz CT molecular complexity index is 536. The third-order valence-corrected chi connectivity index (χ3v) is 3.15. The second-order valence-corrected chi connectivity index (χ2v) is 4.61. The van der Waals surface area contributed by atoms with Crippen molar-refractivity contribution in [1.82, 2.24) is 15.1 Å². The van der Waals surface area contributed by atoms with Crippen molar-refractivity contribution < 1.29 is 8.78 Å². The smallest absolute Gasteiger partial charge is 0.288 e. The molecule has 5 heteroatoms. The Balaban J connectivity index is 1.81. The number of hydrogen-bond acceptors (Lipinski definition) is 2. The molecule has 3 rings (SSSR count). The van der Waals surface area contributed by atoms with Gasteiger partial charge in [0, 0.05) is 18.7 Å². The molecule has 0 saturated carbocycles. The molecule has 1 aromatic carbocycles. The fourth-order valence-corrected chi connectivity index (χ4v) is 2.36. The average Bonchev–Trinajstić information content (AvgIpc) is 2.78. The number of hydrogen-bond donors (Lipinski definition) is 1. The molecular weight excluding hydrogens is 236 g/mol. The first-order valence-electron chi connectivity index (χ1n) is 5.82. The number of benzene rings is 1. The predicted molar refractivity (Wildman–Crippen MR) is 63.0 cm³/mol. The molecule has 0 aliphatic carbocycles. The average molecular weight is 249 g/mol. The fourth-order valence-electron chi connectivity index (χ4n) is 2.36. The summed E-state index contributed by atoms with van der Waals surface area (Å²) < 4.78 is 27.7. The van der Waals surface area contributed by atoms with Crippen LogP contribution >= 0.6 is 0 Å². The zero-order chi connectivity index (χ0) is 12.6. The minimum atomic E-state index is -2.85. The Kier molecular flexibility index (Phi) is 2.63. The van der Waals surface area contributed by atoms with Crippen molar-refractivity contribution in [2.45, 2.75) is 19.0 Å². The van der Waals surface area contributed by atoms with E-state index in [9.17, 15) is 8.78 Å². The van der Waals surface area contributed by atoms with Crippen LogP contribution in [0.25, 0.3) is 0 Å². The van der Waals surface area contributed by atoms with Gasteiger partial charge in [0.2, 0.25) is 0 Å². The molecule has 0 atom stereocenters. The Morgan fingerprint density at radius 3 is 2.83 bits per heavy atom. The van der Waals surface area contributed by atoms with Crippen LogP contribution in [0.4, 0.5) is 8.78 Å². The number of H-pyrrole nitrogens is 1. The van der Waals surface area contributed by atoms with E-state index in [0.717, 1.165) is 5.56 Å². The molecule has 0 saturated heterocycles. The van der Waals surface area contributed by atoms with Gasteiger partial charge in [0.1, 0.15) is 5.69 Å². The molecule has 94 valence electrons. The summed E-state index contributed by atoms with van der Waals surface area (Å²) in [5.41, 5.74) is 1.59. The van der Waals surface area contributed by atoms with Gasteiger partial charge in [0.05, 0.1) is 12.7 Å². The maximum Gasteiger partial charge on any atom is 0.301 e. The maximum absolute atomic E-state index is 13.9. The lowest BCUT2D eigenvalue weighted by molar-refractivity contribution is -0.0580. The van der Waals surface area contributed by atoms with Gasteiger partial charge in [-0.05, 0) is 5.56 Å². The van der Waals surface area contributed by atoms with Crippen molar-refractivity contribution in [2.24, 2.45) is 0 Å². The van der Waals surface area contributed by atoms with Crippen LogP contribution in [-0.4, -0.2) is 21.6 Å². The summed E-state index contributed by atoms with van der Waals surface area (Å²) in [5.74, 6) is -2.85. The normalized spacial score (nSPS) is 18.6. The first kappa shape index (κ1) is 11.3. The minimum absolute atomic E-state index is 0.0354. The highest BCUT2D eigenvalue weighted by molar-refractivity contribution is 5.25. The Morgan fingerprint density at radius 1 is 1.28 bits per heavy atom. The molecule has 0 amide bonds. The van der Waals surface area contributed by atoms with E-state index in [-0.39, 0.29) is 12.2 Å². The molecule has 1 aliphatic rings. The number of rotatable bonds is 2. The zero-order valence-corrected chi connectivity index (χ0v) is 9.74. The minimum Gasteiger partial charge on any atom is -0.288 e. The number of aromatic amines is 1. The molecule has 2 heterocycles. The van der Waals surface area contributed by atoms with Crippen LogP contribution in [0.15, 0.2) is 36.5 Å². The molecular formula is C13H13F2N3. The summed E-state index contributed by atoms with van der Waals surface area (Å²) in [6.07, 6.45) is 1.49. The highest BCUT2D eigenvalue weighted by atomic mass is 19.3. The van der Waals surface area contributed by atoms with Gasteiger partial charge < -0.3 is 0 Å². The maximum atomic E-state index is 13.9. The second kappa shape index (κ2) is 4.17. The first-order valence-corrected chi connectivity index (χ1v) is 5.82. The summed E-state index contributed by atoms with van der Waals surface area (Å²) in [4.78, 5) is 1.74. The summed E-state index contributed by atoms with van der Waals surface area (Å²) in [5, 5.41) is 6.11. The van der Waals surface area contributed by atoms with Gasteiger partial charge in [-0.25, -0.2) is 0 Å². The van der Waals surface area contributed by atoms with Gasteiger partial charge in [0.25, 0.3) is 0 Å². The van der Waals surface area contributed by atoms with Gasteiger partial charge in [-0.3, -0.25) is 10.00 Å². The van der Waals surface area contributed by atoms with E-state index in [2.05, 4.69) is 10.2 Å². The second-order valence-electron chi connectivity index (χ2n) is 4.61. The van der Waals surface area contributed by atoms with Crippen LogP contribution < -0.4 is 0 Å². The Morgan fingerprint density at radius 2 is 2.06 bits per heavy atom. The third-order valence-electron chi connectivity index (χ3n) is 3.15. The molecule has 18 heavy (non-hydrogen) atoms. The molecule has 0 radical (unpaired) electrons. The highest BCUT2D eigenvalue weighted by Crippen LogP contribution is 2.35. The molecule has 0 bridgehead atoms. The lowest BCUT2D eigenvalue weighted by atomic mass is 10.0. The van der Waals surface area contributed by atoms with E-state index >= 15 is 0 Å². The summed E-state index contributed by atoms with van der Waals surface area (Å²) >= 11 is 0. The number of fused-ring (bicyclic) bond motifs is 1. The van der Waals surface area contributed by atoms with Gasteiger partial charge in [-0.2, -0.15) is 13.9 Å². The molecule has 0 unspecified atom stereocenters. The van der Waals surface area contributed by atoms with Crippen molar-refractivity contribution in [3.05, 3.63) is 53.3 Å². The standard InChI is InChI=1S/C13H13F2N3/c14-13(15)9-18(7-10-4-2-1-3-5-10)8-11-6-16-17-12(11)13/h1-6H,7-9H2,(H,16,17). The summed E-state index contributed by atoms with van der Waals surface area (Å²) in [6.45, 7) is 0.772. The van der Waals surface area contributed by atoms with E-state index in [0.29, 0.717) is 18.7 Å². The summed E-state index contributed by atoms with van der Waals surface area (Å²) in [6, 6.07) is 9.65. The molecule has 0 fully saturated rings. The molecule has 1 aliphatic heterocycles. The summed E-state index contributed by atoms with van der Waals surface area (Å²) in [7, 11) is 0. The lowest BCUT2D eigenvalue weighted by Gasteiger charge is -2.31. The topological polar surface area (TPSA) is 31.9 Å². The van der Waals surface area contributed by atoms with E-state index in [4.69, 9.17) is 0 Å². The van der Waals surface area contributed by atoms with Crippen LogP contribution in [0.2, 0.25) is 0 Å². The van der Waals surface area contributed by atoms with E-state index in [1.54, 1.807) is 4.90 Å². The number of nitrogens with zero attached hydrogens (tertiary/aromatic N) is 2. The van der Waals surface area contributed by atoms with Crippen LogP contribution in [-0.2, 0) is 19.0 Å². The van der Waals surface area contributed by atoms with Crippen LogP contribution in [0.5, 0.6) is 0 Å². The highest BCUT2D eigenvalue weighted by Gasteiger charge is 2.41. The Hall–Kier alpha value is -1.75. The molecule has 2 aromatic rings. The predicted octanol–water partition coefficient (Wildman–Crippen LogP) is 2.52. The SMILES string of the molecule is FC1(F)CN(Cc2ccccc2)Cc2cn[nH]c21. The van der Waals surface area contributed by atoms with Gasteiger partial charge in [-0.15, -0.1) is 0 Å². The van der Waals surface area contributed by atoms with Gasteiger partial charge in [-0.1, -0.05) is 30.3 Å².